The average Bonchev–Trinajstić information content (AvgIpc) is 3.39. The van der Waals surface area contributed by atoms with Gasteiger partial charge in [0.2, 0.25) is 0 Å². The van der Waals surface area contributed by atoms with Crippen molar-refractivity contribution in [2.45, 2.75) is 37.8 Å². The average molecular weight is 439 g/mol. The van der Waals surface area contributed by atoms with Crippen molar-refractivity contribution in [2.75, 3.05) is 26.2 Å². The van der Waals surface area contributed by atoms with Crippen LogP contribution in [0.1, 0.15) is 36.8 Å². The van der Waals surface area contributed by atoms with Crippen LogP contribution in [-0.4, -0.2) is 53.0 Å². The van der Waals surface area contributed by atoms with Crippen molar-refractivity contribution in [1.82, 2.24) is 9.80 Å². The summed E-state index contributed by atoms with van der Waals surface area (Å²) in [6.45, 7) is 2.13. The van der Waals surface area contributed by atoms with E-state index in [2.05, 4.69) is 4.99 Å². The van der Waals surface area contributed by atoms with Gasteiger partial charge in [0.05, 0.1) is 6.54 Å². The lowest BCUT2D eigenvalue weighted by Gasteiger charge is -2.41. The lowest BCUT2D eigenvalue weighted by atomic mass is 9.79. The summed E-state index contributed by atoms with van der Waals surface area (Å²) in [7, 11) is 0. The lowest BCUT2D eigenvalue weighted by molar-refractivity contribution is -0.160. The second kappa shape index (κ2) is 9.69. The van der Waals surface area contributed by atoms with E-state index in [0.29, 0.717) is 43.3 Å². The highest BCUT2D eigenvalue weighted by Crippen LogP contribution is 2.42. The second-order valence-electron chi connectivity index (χ2n) is 8.66. The zero-order valence-electron chi connectivity index (χ0n) is 18.3. The molecule has 3 N–H and O–H groups in total. The van der Waals surface area contributed by atoms with E-state index in [0.717, 1.165) is 25.7 Å². The van der Waals surface area contributed by atoms with E-state index in [-0.39, 0.29) is 24.2 Å². The SMILES string of the molecule is NC(=NCc1ccccc1F)N1CCN(C(=O)[C@](O)(c2ccccc2)C2CCCC2)CC1. The van der Waals surface area contributed by atoms with Crippen LogP contribution in [-0.2, 0) is 16.9 Å². The van der Waals surface area contributed by atoms with Gasteiger partial charge in [0.1, 0.15) is 5.82 Å². The molecule has 170 valence electrons. The van der Waals surface area contributed by atoms with Crippen LogP contribution in [0.4, 0.5) is 4.39 Å². The first-order chi connectivity index (χ1) is 15.5. The molecular formula is C25H31FN4O2. The van der Waals surface area contributed by atoms with Crippen molar-refractivity contribution in [3.05, 3.63) is 71.5 Å². The lowest BCUT2D eigenvalue weighted by Crippen LogP contribution is -2.58. The highest BCUT2D eigenvalue weighted by atomic mass is 19.1. The molecule has 1 saturated heterocycles. The minimum Gasteiger partial charge on any atom is -0.375 e. The summed E-state index contributed by atoms with van der Waals surface area (Å²) < 4.78 is 13.8. The number of carbonyl (C=O) groups excluding carboxylic acids is 1. The topological polar surface area (TPSA) is 82.2 Å². The van der Waals surface area contributed by atoms with Crippen LogP contribution in [0.2, 0.25) is 0 Å². The molecule has 1 atom stereocenters. The largest absolute Gasteiger partial charge is 0.375 e. The molecule has 7 heteroatoms. The summed E-state index contributed by atoms with van der Waals surface area (Å²) in [6, 6.07) is 15.8. The van der Waals surface area contributed by atoms with Crippen molar-refractivity contribution in [3.8, 4) is 0 Å². The molecule has 0 radical (unpaired) electrons. The fraction of sp³-hybridized carbons (Fsp3) is 0.440. The Labute approximate surface area is 188 Å². The van der Waals surface area contributed by atoms with Crippen LogP contribution < -0.4 is 5.73 Å². The molecule has 1 aliphatic heterocycles. The Hall–Kier alpha value is -2.93. The molecule has 0 aromatic heterocycles. The molecule has 4 rings (SSSR count). The zero-order valence-corrected chi connectivity index (χ0v) is 18.3. The number of nitrogens with zero attached hydrogens (tertiary/aromatic N) is 3. The first kappa shape index (κ1) is 22.3. The number of benzene rings is 2. The van der Waals surface area contributed by atoms with Crippen molar-refractivity contribution in [3.63, 3.8) is 0 Å². The van der Waals surface area contributed by atoms with Gasteiger partial charge in [0, 0.05) is 37.7 Å². The summed E-state index contributed by atoms with van der Waals surface area (Å²) in [5, 5.41) is 11.7. The van der Waals surface area contributed by atoms with Gasteiger partial charge in [-0.15, -0.1) is 0 Å². The van der Waals surface area contributed by atoms with Crippen LogP contribution in [0, 0.1) is 11.7 Å². The highest BCUT2D eigenvalue weighted by Gasteiger charge is 2.48. The molecule has 0 bridgehead atoms. The van der Waals surface area contributed by atoms with Gasteiger partial charge in [-0.05, 0) is 24.5 Å². The number of nitrogens with two attached hydrogens (primary N) is 1. The molecule has 0 spiro atoms. The standard InChI is InChI=1S/C25H31FN4O2/c26-22-13-7-4-8-19(22)18-28-24(27)30-16-14-29(15-17-30)23(31)25(32,21-11-5-6-12-21)20-9-2-1-3-10-20/h1-4,7-10,13,21,32H,5-6,11-12,14-18H2,(H2,27,28)/t25-/m0/s1. The molecule has 2 aromatic rings. The number of piperazine rings is 1. The van der Waals surface area contributed by atoms with Crippen molar-refractivity contribution < 1.29 is 14.3 Å². The third kappa shape index (κ3) is 4.48. The van der Waals surface area contributed by atoms with E-state index in [1.807, 2.05) is 35.2 Å². The molecule has 6 nitrogen and oxygen atoms in total. The van der Waals surface area contributed by atoms with Gasteiger partial charge in [-0.1, -0.05) is 61.4 Å². The normalized spacial score (nSPS) is 19.8. The summed E-state index contributed by atoms with van der Waals surface area (Å²) in [5.41, 5.74) is 5.82. The molecule has 2 fully saturated rings. The van der Waals surface area contributed by atoms with E-state index in [1.54, 1.807) is 23.1 Å². The van der Waals surface area contributed by atoms with Gasteiger partial charge in [0.25, 0.3) is 5.91 Å². The van der Waals surface area contributed by atoms with Gasteiger partial charge in [-0.3, -0.25) is 4.79 Å². The molecule has 1 saturated carbocycles. The fourth-order valence-electron chi connectivity index (χ4n) is 4.84. The van der Waals surface area contributed by atoms with Crippen molar-refractivity contribution in [2.24, 2.45) is 16.6 Å². The first-order valence-corrected chi connectivity index (χ1v) is 11.4. The number of carbonyl (C=O) groups is 1. The van der Waals surface area contributed by atoms with E-state index in [4.69, 9.17) is 5.73 Å². The summed E-state index contributed by atoms with van der Waals surface area (Å²) in [6.07, 6.45) is 3.78. The van der Waals surface area contributed by atoms with Crippen LogP contribution >= 0.6 is 0 Å². The molecule has 2 aromatic carbocycles. The number of guanidine groups is 1. The predicted octanol–water partition coefficient (Wildman–Crippen LogP) is 2.86. The van der Waals surface area contributed by atoms with Crippen molar-refractivity contribution >= 4 is 11.9 Å². The van der Waals surface area contributed by atoms with Crippen LogP contribution in [0.15, 0.2) is 59.6 Å². The summed E-state index contributed by atoms with van der Waals surface area (Å²) in [4.78, 5) is 21.6. The monoisotopic (exact) mass is 438 g/mol. The maximum Gasteiger partial charge on any atom is 0.259 e. The van der Waals surface area contributed by atoms with Gasteiger partial charge in [-0.2, -0.15) is 0 Å². The Kier molecular flexibility index (Phi) is 6.74. The van der Waals surface area contributed by atoms with E-state index >= 15 is 0 Å². The Morgan fingerprint density at radius 2 is 1.59 bits per heavy atom. The van der Waals surface area contributed by atoms with Gasteiger partial charge < -0.3 is 20.6 Å². The van der Waals surface area contributed by atoms with Crippen LogP contribution in [0.3, 0.4) is 0 Å². The van der Waals surface area contributed by atoms with Gasteiger partial charge >= 0.3 is 0 Å². The minimum atomic E-state index is -1.50. The Bertz CT molecular complexity index is 953. The Balaban J connectivity index is 1.43. The number of halogens is 1. The number of hydrogen-bond donors (Lipinski definition) is 2. The number of aliphatic imine (C=N–C) groups is 1. The minimum absolute atomic E-state index is 0.0668. The molecular weight excluding hydrogens is 407 g/mol. The Morgan fingerprint density at radius 3 is 2.25 bits per heavy atom. The van der Waals surface area contributed by atoms with Crippen LogP contribution in [0.5, 0.6) is 0 Å². The van der Waals surface area contributed by atoms with E-state index in [1.165, 1.54) is 6.07 Å². The maximum absolute atomic E-state index is 13.8. The molecule has 1 amide bonds. The van der Waals surface area contributed by atoms with Crippen LogP contribution in [0.25, 0.3) is 0 Å². The fourth-order valence-corrected chi connectivity index (χ4v) is 4.84. The molecule has 1 aliphatic carbocycles. The molecule has 2 aliphatic rings. The second-order valence-corrected chi connectivity index (χ2v) is 8.66. The number of amides is 1. The highest BCUT2D eigenvalue weighted by molar-refractivity contribution is 5.87. The third-order valence-corrected chi connectivity index (χ3v) is 6.75. The quantitative estimate of drug-likeness (QED) is 0.556. The van der Waals surface area contributed by atoms with E-state index < -0.39 is 5.60 Å². The summed E-state index contributed by atoms with van der Waals surface area (Å²) >= 11 is 0. The zero-order chi connectivity index (χ0) is 22.6. The Morgan fingerprint density at radius 1 is 1.00 bits per heavy atom. The van der Waals surface area contributed by atoms with E-state index in [9.17, 15) is 14.3 Å². The third-order valence-electron chi connectivity index (χ3n) is 6.75. The molecule has 1 heterocycles. The first-order valence-electron chi connectivity index (χ1n) is 11.4. The summed E-state index contributed by atoms with van der Waals surface area (Å²) in [5.74, 6) is -0.249. The van der Waals surface area contributed by atoms with Gasteiger partial charge in [0.15, 0.2) is 11.6 Å². The number of aliphatic hydroxyl groups is 1. The molecule has 32 heavy (non-hydrogen) atoms. The smallest absolute Gasteiger partial charge is 0.259 e. The maximum atomic E-state index is 13.8. The van der Waals surface area contributed by atoms with Crippen molar-refractivity contribution in [1.29, 1.82) is 0 Å². The predicted molar refractivity (Wildman–Crippen MR) is 122 cm³/mol. The number of hydrogen-bond acceptors (Lipinski definition) is 3. The number of rotatable bonds is 5. The molecule has 0 unspecified atom stereocenters. The van der Waals surface area contributed by atoms with Gasteiger partial charge in [-0.25, -0.2) is 9.38 Å².